The van der Waals surface area contributed by atoms with E-state index in [0.717, 1.165) is 31.8 Å². The minimum atomic E-state index is 0.296. The Hall–Kier alpha value is -1.48. The fourth-order valence-corrected chi connectivity index (χ4v) is 3.42. The van der Waals surface area contributed by atoms with Gasteiger partial charge in [0, 0.05) is 30.6 Å². The van der Waals surface area contributed by atoms with Crippen LogP contribution in [-0.4, -0.2) is 17.2 Å². The smallest absolute Gasteiger partial charge is 0.144 e. The predicted octanol–water partition coefficient (Wildman–Crippen LogP) is 2.70. The van der Waals surface area contributed by atoms with Crippen LogP contribution >= 0.6 is 0 Å². The number of aromatic nitrogens is 1. The molecule has 1 N–H and O–H groups in total. The van der Waals surface area contributed by atoms with Gasteiger partial charge in [0.05, 0.1) is 12.1 Å². The van der Waals surface area contributed by atoms with Crippen LogP contribution in [0.2, 0.25) is 0 Å². The van der Waals surface area contributed by atoms with Crippen molar-refractivity contribution in [3.05, 3.63) is 29.5 Å². The SMILES string of the molecule is CC(C)C1Cn2c3c(c4cccc(c42)O1)CNCC3. The molecule has 0 spiro atoms. The van der Waals surface area contributed by atoms with Crippen LogP contribution in [0.15, 0.2) is 18.2 Å². The van der Waals surface area contributed by atoms with Gasteiger partial charge < -0.3 is 14.6 Å². The van der Waals surface area contributed by atoms with E-state index in [1.165, 1.54) is 22.2 Å². The van der Waals surface area contributed by atoms with Crippen LogP contribution < -0.4 is 10.1 Å². The van der Waals surface area contributed by atoms with Crippen molar-refractivity contribution in [2.45, 2.75) is 39.5 Å². The molecule has 0 radical (unpaired) electrons. The number of para-hydroxylation sites is 1. The summed E-state index contributed by atoms with van der Waals surface area (Å²) < 4.78 is 8.72. The zero-order valence-corrected chi connectivity index (χ0v) is 11.6. The minimum Gasteiger partial charge on any atom is -0.486 e. The summed E-state index contributed by atoms with van der Waals surface area (Å²) in [5.74, 6) is 1.61. The third-order valence-corrected chi connectivity index (χ3v) is 4.49. The number of hydrogen-bond acceptors (Lipinski definition) is 2. The Bertz CT molecular complexity index is 642. The highest BCUT2D eigenvalue weighted by Gasteiger charge is 2.29. The van der Waals surface area contributed by atoms with Gasteiger partial charge in [-0.3, -0.25) is 0 Å². The molecule has 0 bridgehead atoms. The fourth-order valence-electron chi connectivity index (χ4n) is 3.42. The predicted molar refractivity (Wildman–Crippen MR) is 76.6 cm³/mol. The molecule has 19 heavy (non-hydrogen) atoms. The van der Waals surface area contributed by atoms with Crippen LogP contribution in [0.3, 0.4) is 0 Å². The number of nitrogens with zero attached hydrogens (tertiary/aromatic N) is 1. The lowest BCUT2D eigenvalue weighted by atomic mass is 10.1. The van der Waals surface area contributed by atoms with Crippen LogP contribution in [-0.2, 0) is 19.5 Å². The molecule has 100 valence electrons. The van der Waals surface area contributed by atoms with Gasteiger partial charge in [0.15, 0.2) is 0 Å². The first kappa shape index (κ1) is 11.4. The highest BCUT2D eigenvalue weighted by Crippen LogP contribution is 2.38. The zero-order valence-electron chi connectivity index (χ0n) is 11.6. The molecule has 1 aromatic heterocycles. The Morgan fingerprint density at radius 3 is 3.11 bits per heavy atom. The Balaban J connectivity index is 1.98. The maximum Gasteiger partial charge on any atom is 0.144 e. The fraction of sp³-hybridized carbons (Fsp3) is 0.500. The maximum atomic E-state index is 6.20. The second-order valence-corrected chi connectivity index (χ2v) is 6.02. The highest BCUT2D eigenvalue weighted by molar-refractivity contribution is 5.91. The van der Waals surface area contributed by atoms with Gasteiger partial charge in [-0.1, -0.05) is 26.0 Å². The minimum absolute atomic E-state index is 0.296. The van der Waals surface area contributed by atoms with Gasteiger partial charge >= 0.3 is 0 Å². The average Bonchev–Trinajstić information content (AvgIpc) is 2.76. The molecule has 0 fully saturated rings. The van der Waals surface area contributed by atoms with Crippen LogP contribution in [0, 0.1) is 5.92 Å². The number of ether oxygens (including phenoxy) is 1. The molecule has 3 heterocycles. The lowest BCUT2D eigenvalue weighted by Crippen LogP contribution is -2.33. The summed E-state index contributed by atoms with van der Waals surface area (Å²) in [7, 11) is 0. The maximum absolute atomic E-state index is 6.20. The average molecular weight is 256 g/mol. The summed E-state index contributed by atoms with van der Waals surface area (Å²) in [4.78, 5) is 0. The van der Waals surface area contributed by atoms with Gasteiger partial charge in [0.25, 0.3) is 0 Å². The molecule has 2 aliphatic rings. The lowest BCUT2D eigenvalue weighted by molar-refractivity contribution is 0.123. The van der Waals surface area contributed by atoms with Crippen LogP contribution in [0.25, 0.3) is 10.9 Å². The third kappa shape index (κ3) is 1.54. The molecule has 2 aliphatic heterocycles. The van der Waals surface area contributed by atoms with E-state index >= 15 is 0 Å². The molecule has 3 heteroatoms. The Morgan fingerprint density at radius 1 is 1.37 bits per heavy atom. The molecule has 1 atom stereocenters. The van der Waals surface area contributed by atoms with E-state index in [-0.39, 0.29) is 0 Å². The normalized spacial score (nSPS) is 21.5. The van der Waals surface area contributed by atoms with E-state index in [9.17, 15) is 0 Å². The van der Waals surface area contributed by atoms with Crippen molar-refractivity contribution in [2.75, 3.05) is 6.54 Å². The molecule has 0 aliphatic carbocycles. The van der Waals surface area contributed by atoms with Crippen LogP contribution in [0.4, 0.5) is 0 Å². The molecule has 1 aromatic carbocycles. The largest absolute Gasteiger partial charge is 0.486 e. The first-order valence-corrected chi connectivity index (χ1v) is 7.26. The first-order chi connectivity index (χ1) is 9.25. The van der Waals surface area contributed by atoms with E-state index in [2.05, 4.69) is 41.9 Å². The second kappa shape index (κ2) is 4.01. The number of benzene rings is 1. The van der Waals surface area contributed by atoms with Gasteiger partial charge in [0.1, 0.15) is 11.9 Å². The van der Waals surface area contributed by atoms with Gasteiger partial charge in [0.2, 0.25) is 0 Å². The van der Waals surface area contributed by atoms with Gasteiger partial charge in [-0.05, 0) is 17.5 Å². The Kier molecular flexibility index (Phi) is 2.39. The summed E-state index contributed by atoms with van der Waals surface area (Å²) in [5, 5.41) is 4.87. The van der Waals surface area contributed by atoms with Crippen molar-refractivity contribution in [3.63, 3.8) is 0 Å². The van der Waals surface area contributed by atoms with Crippen molar-refractivity contribution in [1.82, 2.24) is 9.88 Å². The third-order valence-electron chi connectivity index (χ3n) is 4.49. The number of hydrogen-bond donors (Lipinski definition) is 1. The van der Waals surface area contributed by atoms with Gasteiger partial charge in [-0.2, -0.15) is 0 Å². The van der Waals surface area contributed by atoms with Crippen molar-refractivity contribution in [3.8, 4) is 5.75 Å². The van der Waals surface area contributed by atoms with E-state index < -0.39 is 0 Å². The molecule has 0 amide bonds. The summed E-state index contributed by atoms with van der Waals surface area (Å²) in [6.45, 7) is 7.57. The van der Waals surface area contributed by atoms with Crippen LogP contribution in [0.1, 0.15) is 25.1 Å². The molecular weight excluding hydrogens is 236 g/mol. The van der Waals surface area contributed by atoms with Crippen molar-refractivity contribution >= 4 is 10.9 Å². The Labute approximate surface area is 113 Å². The molecule has 0 saturated carbocycles. The highest BCUT2D eigenvalue weighted by atomic mass is 16.5. The zero-order chi connectivity index (χ0) is 13.0. The lowest BCUT2D eigenvalue weighted by Gasteiger charge is -2.30. The summed E-state index contributed by atoms with van der Waals surface area (Å²) in [6.07, 6.45) is 1.43. The molecule has 4 rings (SSSR count). The first-order valence-electron chi connectivity index (χ1n) is 7.26. The molecule has 2 aromatic rings. The van der Waals surface area contributed by atoms with E-state index in [1.54, 1.807) is 0 Å². The topological polar surface area (TPSA) is 26.2 Å². The monoisotopic (exact) mass is 256 g/mol. The van der Waals surface area contributed by atoms with Gasteiger partial charge in [-0.15, -0.1) is 0 Å². The number of rotatable bonds is 1. The standard InChI is InChI=1S/C16H20N2O/c1-10(2)15-9-18-13-6-7-17-8-12(13)11-4-3-5-14(19-15)16(11)18/h3-5,10,15,17H,6-9H2,1-2H3. The Morgan fingerprint density at radius 2 is 2.26 bits per heavy atom. The molecule has 0 saturated heterocycles. The van der Waals surface area contributed by atoms with E-state index in [1.807, 2.05) is 0 Å². The summed E-state index contributed by atoms with van der Waals surface area (Å²) >= 11 is 0. The quantitative estimate of drug-likeness (QED) is 0.849. The summed E-state index contributed by atoms with van der Waals surface area (Å²) in [6, 6.07) is 6.48. The van der Waals surface area contributed by atoms with Crippen molar-refractivity contribution < 1.29 is 4.74 Å². The van der Waals surface area contributed by atoms with E-state index in [4.69, 9.17) is 4.74 Å². The van der Waals surface area contributed by atoms with E-state index in [0.29, 0.717) is 12.0 Å². The number of fused-ring (bicyclic) bond motifs is 3. The summed E-state index contributed by atoms with van der Waals surface area (Å²) in [5.41, 5.74) is 4.32. The van der Waals surface area contributed by atoms with Crippen molar-refractivity contribution in [2.24, 2.45) is 5.92 Å². The van der Waals surface area contributed by atoms with Gasteiger partial charge in [-0.25, -0.2) is 0 Å². The molecular formula is C16H20N2O. The van der Waals surface area contributed by atoms with Crippen LogP contribution in [0.5, 0.6) is 5.75 Å². The second-order valence-electron chi connectivity index (χ2n) is 6.02. The molecule has 3 nitrogen and oxygen atoms in total. The molecule has 1 unspecified atom stereocenters. The van der Waals surface area contributed by atoms with Crippen molar-refractivity contribution in [1.29, 1.82) is 0 Å². The number of nitrogens with one attached hydrogen (secondary N) is 1.